The van der Waals surface area contributed by atoms with Crippen LogP contribution in [0, 0.1) is 6.92 Å². The van der Waals surface area contributed by atoms with Crippen molar-refractivity contribution in [2.24, 2.45) is 5.10 Å². The topological polar surface area (TPSA) is 72.0 Å². The SMILES string of the molecule is Cc1ccc(OCCOc2cccc(/C=N\NC(=O)Nc3ccccc3)c2)cc1. The van der Waals surface area contributed by atoms with Crippen LogP contribution in [0.15, 0.2) is 84.0 Å². The van der Waals surface area contributed by atoms with Crippen molar-refractivity contribution in [1.29, 1.82) is 0 Å². The fourth-order valence-electron chi connectivity index (χ4n) is 2.48. The van der Waals surface area contributed by atoms with Gasteiger partial charge in [-0.1, -0.05) is 48.0 Å². The maximum Gasteiger partial charge on any atom is 0.339 e. The molecule has 0 unspecified atom stereocenters. The van der Waals surface area contributed by atoms with E-state index in [1.807, 2.05) is 73.7 Å². The predicted octanol–water partition coefficient (Wildman–Crippen LogP) is 4.61. The molecule has 0 saturated heterocycles. The lowest BCUT2D eigenvalue weighted by Crippen LogP contribution is -2.24. The first-order valence-corrected chi connectivity index (χ1v) is 9.26. The van der Waals surface area contributed by atoms with Gasteiger partial charge < -0.3 is 14.8 Å². The van der Waals surface area contributed by atoms with Gasteiger partial charge >= 0.3 is 6.03 Å². The molecule has 0 aromatic heterocycles. The fourth-order valence-corrected chi connectivity index (χ4v) is 2.48. The lowest BCUT2D eigenvalue weighted by Gasteiger charge is -2.09. The number of benzene rings is 3. The van der Waals surface area contributed by atoms with Crippen molar-refractivity contribution in [1.82, 2.24) is 5.43 Å². The number of ether oxygens (including phenoxy) is 2. The summed E-state index contributed by atoms with van der Waals surface area (Å²) < 4.78 is 11.4. The van der Waals surface area contributed by atoms with Gasteiger partial charge in [0.05, 0.1) is 6.21 Å². The van der Waals surface area contributed by atoms with E-state index in [0.29, 0.717) is 24.7 Å². The van der Waals surface area contributed by atoms with Crippen molar-refractivity contribution >= 4 is 17.9 Å². The first kappa shape index (κ1) is 19.9. The van der Waals surface area contributed by atoms with Gasteiger partial charge in [0.1, 0.15) is 24.7 Å². The van der Waals surface area contributed by atoms with Crippen LogP contribution >= 0.6 is 0 Å². The van der Waals surface area contributed by atoms with E-state index in [4.69, 9.17) is 9.47 Å². The molecule has 0 saturated carbocycles. The number of hydrazone groups is 1. The standard InChI is InChI=1S/C23H23N3O3/c1-18-10-12-21(13-11-18)28-14-15-29-22-9-5-6-19(16-22)17-24-26-23(27)25-20-7-3-2-4-8-20/h2-13,16-17H,14-15H2,1H3,(H2,25,26,27)/b24-17-. The zero-order valence-corrected chi connectivity index (χ0v) is 16.2. The van der Waals surface area contributed by atoms with Gasteiger partial charge in [-0.25, -0.2) is 10.2 Å². The Bertz CT molecular complexity index is 941. The Morgan fingerprint density at radius 1 is 0.897 bits per heavy atom. The van der Waals surface area contributed by atoms with Gasteiger partial charge in [0, 0.05) is 5.69 Å². The number of nitrogens with zero attached hydrogens (tertiary/aromatic N) is 1. The van der Waals surface area contributed by atoms with Crippen molar-refractivity contribution in [3.63, 3.8) is 0 Å². The quantitative estimate of drug-likeness (QED) is 0.336. The summed E-state index contributed by atoms with van der Waals surface area (Å²) in [7, 11) is 0. The molecule has 29 heavy (non-hydrogen) atoms. The predicted molar refractivity (Wildman–Crippen MR) is 115 cm³/mol. The Labute approximate surface area is 170 Å². The smallest absolute Gasteiger partial charge is 0.339 e. The van der Waals surface area contributed by atoms with Gasteiger partial charge in [-0.3, -0.25) is 0 Å². The molecule has 148 valence electrons. The monoisotopic (exact) mass is 389 g/mol. The molecule has 0 aliphatic heterocycles. The highest BCUT2D eigenvalue weighted by molar-refractivity contribution is 5.90. The molecule has 6 heteroatoms. The van der Waals surface area contributed by atoms with E-state index in [-0.39, 0.29) is 0 Å². The summed E-state index contributed by atoms with van der Waals surface area (Å²) in [5.74, 6) is 1.52. The van der Waals surface area contributed by atoms with Gasteiger partial charge in [-0.05, 0) is 48.9 Å². The van der Waals surface area contributed by atoms with E-state index < -0.39 is 6.03 Å². The number of carbonyl (C=O) groups is 1. The van der Waals surface area contributed by atoms with Crippen LogP contribution in [-0.2, 0) is 0 Å². The van der Waals surface area contributed by atoms with Crippen molar-refractivity contribution in [2.75, 3.05) is 18.5 Å². The fraction of sp³-hybridized carbons (Fsp3) is 0.130. The minimum atomic E-state index is -0.409. The summed E-state index contributed by atoms with van der Waals surface area (Å²) in [6, 6.07) is 24.1. The van der Waals surface area contributed by atoms with E-state index in [9.17, 15) is 4.79 Å². The van der Waals surface area contributed by atoms with E-state index in [2.05, 4.69) is 15.8 Å². The Balaban J connectivity index is 1.42. The highest BCUT2D eigenvalue weighted by Gasteiger charge is 2.00. The molecular formula is C23H23N3O3. The summed E-state index contributed by atoms with van der Waals surface area (Å²) >= 11 is 0. The van der Waals surface area contributed by atoms with E-state index in [1.54, 1.807) is 18.3 Å². The number of hydrogen-bond donors (Lipinski definition) is 2. The van der Waals surface area contributed by atoms with Crippen molar-refractivity contribution in [2.45, 2.75) is 6.92 Å². The summed E-state index contributed by atoms with van der Waals surface area (Å²) in [6.07, 6.45) is 1.56. The van der Waals surface area contributed by atoms with Crippen molar-refractivity contribution < 1.29 is 14.3 Å². The zero-order chi connectivity index (χ0) is 20.3. The Morgan fingerprint density at radius 2 is 1.62 bits per heavy atom. The van der Waals surface area contributed by atoms with Crippen LogP contribution < -0.4 is 20.2 Å². The van der Waals surface area contributed by atoms with Gasteiger partial charge in [-0.2, -0.15) is 5.10 Å². The van der Waals surface area contributed by atoms with E-state index in [0.717, 1.165) is 11.3 Å². The van der Waals surface area contributed by atoms with Crippen LogP contribution in [0.5, 0.6) is 11.5 Å². The molecule has 0 spiro atoms. The summed E-state index contributed by atoms with van der Waals surface area (Å²) in [5, 5.41) is 6.64. The molecule has 0 bridgehead atoms. The first-order valence-electron chi connectivity index (χ1n) is 9.26. The average Bonchev–Trinajstić information content (AvgIpc) is 2.73. The minimum absolute atomic E-state index is 0.409. The molecule has 0 aliphatic rings. The number of amides is 2. The highest BCUT2D eigenvalue weighted by Crippen LogP contribution is 2.13. The Hall–Kier alpha value is -3.80. The Morgan fingerprint density at radius 3 is 2.38 bits per heavy atom. The lowest BCUT2D eigenvalue weighted by molar-refractivity contribution is 0.217. The zero-order valence-electron chi connectivity index (χ0n) is 16.2. The molecule has 3 aromatic carbocycles. The first-order chi connectivity index (χ1) is 14.2. The van der Waals surface area contributed by atoms with Gasteiger partial charge in [0.25, 0.3) is 0 Å². The highest BCUT2D eigenvalue weighted by atomic mass is 16.5. The number of rotatable bonds is 8. The third-order valence-electron chi connectivity index (χ3n) is 3.91. The summed E-state index contributed by atoms with van der Waals surface area (Å²) in [5.41, 5.74) is 5.13. The molecular weight excluding hydrogens is 366 g/mol. The van der Waals surface area contributed by atoms with Crippen molar-refractivity contribution in [3.05, 3.63) is 90.0 Å². The van der Waals surface area contributed by atoms with E-state index in [1.165, 1.54) is 5.56 Å². The second-order valence-corrected chi connectivity index (χ2v) is 6.27. The number of hydrogen-bond acceptors (Lipinski definition) is 4. The number of anilines is 1. The van der Waals surface area contributed by atoms with Crippen molar-refractivity contribution in [3.8, 4) is 11.5 Å². The number of para-hydroxylation sites is 1. The third kappa shape index (κ3) is 7.03. The van der Waals surface area contributed by atoms with Crippen LogP contribution in [-0.4, -0.2) is 25.5 Å². The molecule has 3 aromatic rings. The molecule has 0 atom stereocenters. The molecule has 2 amide bonds. The largest absolute Gasteiger partial charge is 0.490 e. The number of aryl methyl sites for hydroxylation is 1. The second kappa shape index (κ2) is 10.5. The molecule has 2 N–H and O–H groups in total. The molecule has 3 rings (SSSR count). The lowest BCUT2D eigenvalue weighted by atomic mass is 10.2. The summed E-state index contributed by atoms with van der Waals surface area (Å²) in [6.45, 7) is 2.91. The van der Waals surface area contributed by atoms with Gasteiger partial charge in [-0.15, -0.1) is 0 Å². The second-order valence-electron chi connectivity index (χ2n) is 6.27. The van der Waals surface area contributed by atoms with Gasteiger partial charge in [0.2, 0.25) is 0 Å². The third-order valence-corrected chi connectivity index (χ3v) is 3.91. The van der Waals surface area contributed by atoms with E-state index >= 15 is 0 Å². The maximum absolute atomic E-state index is 11.8. The molecule has 6 nitrogen and oxygen atoms in total. The van der Waals surface area contributed by atoms with Crippen LogP contribution in [0.25, 0.3) is 0 Å². The molecule has 0 heterocycles. The number of urea groups is 1. The number of carbonyl (C=O) groups excluding carboxylic acids is 1. The minimum Gasteiger partial charge on any atom is -0.490 e. The summed E-state index contributed by atoms with van der Waals surface area (Å²) in [4.78, 5) is 11.8. The number of nitrogens with one attached hydrogen (secondary N) is 2. The molecule has 0 aliphatic carbocycles. The normalized spacial score (nSPS) is 10.5. The average molecular weight is 389 g/mol. The Kier molecular flexibility index (Phi) is 7.23. The van der Waals surface area contributed by atoms with Crippen LogP contribution in [0.1, 0.15) is 11.1 Å². The van der Waals surface area contributed by atoms with Crippen LogP contribution in [0.2, 0.25) is 0 Å². The molecule has 0 radical (unpaired) electrons. The molecule has 0 fully saturated rings. The van der Waals surface area contributed by atoms with Gasteiger partial charge in [0.15, 0.2) is 0 Å². The van der Waals surface area contributed by atoms with Crippen LogP contribution in [0.4, 0.5) is 10.5 Å². The maximum atomic E-state index is 11.8. The van der Waals surface area contributed by atoms with Crippen LogP contribution in [0.3, 0.4) is 0 Å².